The quantitative estimate of drug-likeness (QED) is 0.691. The van der Waals surface area contributed by atoms with Crippen molar-refractivity contribution in [3.63, 3.8) is 0 Å². The van der Waals surface area contributed by atoms with Gasteiger partial charge in [-0.3, -0.25) is 4.79 Å². The van der Waals surface area contributed by atoms with Gasteiger partial charge in [0.05, 0.1) is 5.56 Å². The highest BCUT2D eigenvalue weighted by Gasteiger charge is 2.26. The van der Waals surface area contributed by atoms with Crippen molar-refractivity contribution in [1.29, 1.82) is 5.26 Å². The molecule has 3 aromatic rings. The van der Waals surface area contributed by atoms with E-state index < -0.39 is 5.91 Å². The molecule has 27 heavy (non-hydrogen) atoms. The van der Waals surface area contributed by atoms with Gasteiger partial charge in [0.1, 0.15) is 22.2 Å². The Balaban J connectivity index is 1.95. The Hall–Kier alpha value is -2.62. The summed E-state index contributed by atoms with van der Waals surface area (Å²) in [6, 6.07) is 8.96. The van der Waals surface area contributed by atoms with Gasteiger partial charge in [0.2, 0.25) is 5.55 Å². The highest BCUT2D eigenvalue weighted by atomic mass is 35.5. The number of carbonyl (C=O) groups is 1. The summed E-state index contributed by atoms with van der Waals surface area (Å²) in [5.74, 6) is 0.0707. The maximum absolute atomic E-state index is 12.1. The van der Waals surface area contributed by atoms with E-state index in [1.54, 1.807) is 24.3 Å². The second-order valence-electron chi connectivity index (χ2n) is 6.77. The molecule has 136 valence electrons. The first-order chi connectivity index (χ1) is 13.0. The number of rotatable bonds is 2. The molecule has 2 N–H and O–H groups in total. The van der Waals surface area contributed by atoms with Crippen molar-refractivity contribution in [3.8, 4) is 6.07 Å². The van der Waals surface area contributed by atoms with E-state index in [4.69, 9.17) is 21.8 Å². The number of thiophene rings is 1. The van der Waals surface area contributed by atoms with Crippen molar-refractivity contribution in [1.82, 2.24) is 0 Å². The van der Waals surface area contributed by atoms with E-state index in [9.17, 15) is 10.1 Å². The van der Waals surface area contributed by atoms with Crippen LogP contribution in [0, 0.1) is 17.2 Å². The Bertz CT molecular complexity index is 1190. The summed E-state index contributed by atoms with van der Waals surface area (Å²) in [5.41, 5.74) is 8.11. The zero-order chi connectivity index (χ0) is 19.1. The molecular weight excluding hydrogens is 382 g/mol. The van der Waals surface area contributed by atoms with Gasteiger partial charge in [-0.15, -0.1) is 11.3 Å². The van der Waals surface area contributed by atoms with E-state index in [0.717, 1.165) is 29.7 Å². The van der Waals surface area contributed by atoms with Crippen LogP contribution in [0.5, 0.6) is 0 Å². The topological polar surface area (TPSA) is 92.4 Å². The average molecular weight is 398 g/mol. The molecule has 0 saturated carbocycles. The molecule has 0 radical (unpaired) electrons. The predicted molar refractivity (Wildman–Crippen MR) is 105 cm³/mol. The van der Waals surface area contributed by atoms with Gasteiger partial charge >= 0.3 is 0 Å². The zero-order valence-electron chi connectivity index (χ0n) is 14.6. The molecule has 4 rings (SSSR count). The fourth-order valence-corrected chi connectivity index (χ4v) is 4.99. The molecule has 0 aliphatic heterocycles. The van der Waals surface area contributed by atoms with Crippen LogP contribution in [0.4, 0.5) is 5.00 Å². The van der Waals surface area contributed by atoms with Crippen LogP contribution in [0.25, 0.3) is 11.0 Å². The van der Waals surface area contributed by atoms with Gasteiger partial charge in [0.25, 0.3) is 5.91 Å². The standard InChI is InChI=1S/C20H16ClN3O2S/c1-10-2-4-14-16(6-10)27-20(17(14)18(23)25)24-19-12(9-22)7-11-8-13(21)3-5-15(11)26-19/h3,5,7-8,10H,2,4,6H2,1H3,(H2,23,25)/b24-19-. The minimum Gasteiger partial charge on any atom is -0.437 e. The van der Waals surface area contributed by atoms with Gasteiger partial charge in [0.15, 0.2) is 0 Å². The number of halogens is 1. The summed E-state index contributed by atoms with van der Waals surface area (Å²) in [6.07, 6.45) is 2.75. The molecule has 1 aromatic carbocycles. The number of benzene rings is 1. The molecule has 1 aliphatic carbocycles. The lowest BCUT2D eigenvalue weighted by Gasteiger charge is -2.18. The van der Waals surface area contributed by atoms with Crippen LogP contribution in [-0.2, 0) is 12.8 Å². The summed E-state index contributed by atoms with van der Waals surface area (Å²) in [5, 5.41) is 11.3. The van der Waals surface area contributed by atoms with E-state index >= 15 is 0 Å². The predicted octanol–water partition coefficient (Wildman–Crippen LogP) is 4.48. The second-order valence-corrected chi connectivity index (χ2v) is 8.29. The summed E-state index contributed by atoms with van der Waals surface area (Å²) >= 11 is 7.47. The molecule has 5 nitrogen and oxygen atoms in total. The van der Waals surface area contributed by atoms with Crippen LogP contribution >= 0.6 is 22.9 Å². The SMILES string of the molecule is CC1CCc2c(sc(/N=c3\oc4ccc(Cl)cc4cc3C#N)c2C(N)=O)C1. The van der Waals surface area contributed by atoms with Crippen LogP contribution < -0.4 is 11.3 Å². The summed E-state index contributed by atoms with van der Waals surface area (Å²) in [4.78, 5) is 17.8. The highest BCUT2D eigenvalue weighted by molar-refractivity contribution is 7.16. The molecule has 1 amide bonds. The number of hydrogen-bond acceptors (Lipinski definition) is 5. The fourth-order valence-electron chi connectivity index (χ4n) is 3.43. The Morgan fingerprint density at radius 3 is 3.00 bits per heavy atom. The zero-order valence-corrected chi connectivity index (χ0v) is 16.2. The molecule has 0 fully saturated rings. The molecule has 0 bridgehead atoms. The third-order valence-electron chi connectivity index (χ3n) is 4.77. The first-order valence-electron chi connectivity index (χ1n) is 8.59. The molecule has 7 heteroatoms. The Labute approximate surface area is 164 Å². The van der Waals surface area contributed by atoms with E-state index in [0.29, 0.717) is 32.5 Å². The van der Waals surface area contributed by atoms with Crippen LogP contribution in [0.2, 0.25) is 5.02 Å². The lowest BCUT2D eigenvalue weighted by atomic mass is 9.88. The van der Waals surface area contributed by atoms with Crippen molar-refractivity contribution in [2.45, 2.75) is 26.2 Å². The third-order valence-corrected chi connectivity index (χ3v) is 6.16. The van der Waals surface area contributed by atoms with Crippen molar-refractivity contribution in [2.24, 2.45) is 16.6 Å². The Kier molecular flexibility index (Phi) is 4.50. The molecule has 1 aliphatic rings. The molecule has 0 saturated heterocycles. The van der Waals surface area contributed by atoms with E-state index in [1.807, 2.05) is 0 Å². The minimum atomic E-state index is -0.494. The molecule has 1 atom stereocenters. The van der Waals surface area contributed by atoms with Crippen molar-refractivity contribution < 1.29 is 9.21 Å². The number of carbonyl (C=O) groups excluding carboxylic acids is 1. The number of nitrogens with zero attached hydrogens (tertiary/aromatic N) is 2. The maximum atomic E-state index is 12.1. The lowest BCUT2D eigenvalue weighted by Crippen LogP contribution is -2.16. The number of amides is 1. The number of hydrogen-bond donors (Lipinski definition) is 1. The van der Waals surface area contributed by atoms with Crippen LogP contribution in [0.3, 0.4) is 0 Å². The van der Waals surface area contributed by atoms with E-state index in [1.165, 1.54) is 11.3 Å². The molecular formula is C20H16ClN3O2S. The number of nitrogens with two attached hydrogens (primary N) is 1. The van der Waals surface area contributed by atoms with Crippen LogP contribution in [-0.4, -0.2) is 5.91 Å². The smallest absolute Gasteiger partial charge is 0.252 e. The average Bonchev–Trinajstić information content (AvgIpc) is 2.98. The minimum absolute atomic E-state index is 0.168. The number of nitriles is 1. The van der Waals surface area contributed by atoms with E-state index in [-0.39, 0.29) is 11.1 Å². The van der Waals surface area contributed by atoms with Crippen molar-refractivity contribution in [2.75, 3.05) is 0 Å². The summed E-state index contributed by atoms with van der Waals surface area (Å²) in [7, 11) is 0. The lowest BCUT2D eigenvalue weighted by molar-refractivity contribution is 0.1000. The Morgan fingerprint density at radius 1 is 1.44 bits per heavy atom. The molecule has 2 heterocycles. The van der Waals surface area contributed by atoms with Crippen LogP contribution in [0.1, 0.15) is 39.7 Å². The summed E-state index contributed by atoms with van der Waals surface area (Å²) < 4.78 is 5.84. The second kappa shape index (κ2) is 6.84. The monoisotopic (exact) mass is 397 g/mol. The van der Waals surface area contributed by atoms with Gasteiger partial charge in [0, 0.05) is 15.3 Å². The van der Waals surface area contributed by atoms with Gasteiger partial charge in [-0.2, -0.15) is 5.26 Å². The Morgan fingerprint density at radius 2 is 2.26 bits per heavy atom. The first-order valence-corrected chi connectivity index (χ1v) is 9.78. The van der Waals surface area contributed by atoms with Crippen molar-refractivity contribution in [3.05, 3.63) is 56.4 Å². The van der Waals surface area contributed by atoms with E-state index in [2.05, 4.69) is 18.0 Å². The highest BCUT2D eigenvalue weighted by Crippen LogP contribution is 2.40. The van der Waals surface area contributed by atoms with Gasteiger partial charge in [-0.25, -0.2) is 4.99 Å². The largest absolute Gasteiger partial charge is 0.437 e. The third kappa shape index (κ3) is 3.25. The van der Waals surface area contributed by atoms with Crippen molar-refractivity contribution >= 4 is 44.8 Å². The molecule has 1 unspecified atom stereocenters. The van der Waals surface area contributed by atoms with Crippen LogP contribution in [0.15, 0.2) is 33.7 Å². The molecule has 0 spiro atoms. The summed E-state index contributed by atoms with van der Waals surface area (Å²) in [6.45, 7) is 2.20. The van der Waals surface area contributed by atoms with Gasteiger partial charge in [-0.05, 0) is 55.0 Å². The van der Waals surface area contributed by atoms with Gasteiger partial charge in [-0.1, -0.05) is 18.5 Å². The first kappa shape index (κ1) is 17.8. The fraction of sp³-hybridized carbons (Fsp3) is 0.250. The number of fused-ring (bicyclic) bond motifs is 2. The normalized spacial score (nSPS) is 16.9. The van der Waals surface area contributed by atoms with Gasteiger partial charge < -0.3 is 10.2 Å². The maximum Gasteiger partial charge on any atom is 0.252 e. The number of primary amides is 1. The molecule has 2 aromatic heterocycles.